The van der Waals surface area contributed by atoms with E-state index in [9.17, 15) is 10.2 Å². The Morgan fingerprint density at radius 1 is 1.00 bits per heavy atom. The van der Waals surface area contributed by atoms with E-state index in [0.717, 1.165) is 5.56 Å². The van der Waals surface area contributed by atoms with E-state index in [0.29, 0.717) is 5.57 Å². The number of phenols is 1. The summed E-state index contributed by atoms with van der Waals surface area (Å²) >= 11 is 0. The van der Waals surface area contributed by atoms with Gasteiger partial charge in [-0.3, -0.25) is 0 Å². The number of hydrogen-bond acceptors (Lipinski definition) is 3. The van der Waals surface area contributed by atoms with Crippen LogP contribution < -0.4 is 0 Å². The molecule has 0 saturated carbocycles. The molecule has 0 aliphatic heterocycles. The maximum atomic E-state index is 9.73. The van der Waals surface area contributed by atoms with Gasteiger partial charge in [-0.2, -0.15) is 0 Å². The third-order valence-corrected chi connectivity index (χ3v) is 2.43. The molecule has 0 aromatic heterocycles. The van der Waals surface area contributed by atoms with Crippen LogP contribution in [-0.2, 0) is 0 Å². The van der Waals surface area contributed by atoms with Gasteiger partial charge in [-0.15, -0.1) is 0 Å². The largest absolute Gasteiger partial charge is 0.508 e. The second-order valence-electron chi connectivity index (χ2n) is 3.49. The molecule has 0 amide bonds. The van der Waals surface area contributed by atoms with Crippen molar-refractivity contribution < 1.29 is 15.3 Å². The number of aromatic hydroxyl groups is 1. The lowest BCUT2D eigenvalue weighted by atomic mass is 9.93. The van der Waals surface area contributed by atoms with Crippen LogP contribution in [-0.4, -0.2) is 27.5 Å². The molecule has 2 rings (SSSR count). The monoisotopic (exact) mass is 204 g/mol. The first-order valence-corrected chi connectivity index (χ1v) is 4.72. The molecule has 78 valence electrons. The lowest BCUT2D eigenvalue weighted by Crippen LogP contribution is -2.26. The Bertz CT molecular complexity index is 403. The predicted molar refractivity (Wildman–Crippen MR) is 57.2 cm³/mol. The number of rotatable bonds is 1. The van der Waals surface area contributed by atoms with Crippen LogP contribution in [0.15, 0.2) is 42.5 Å². The Kier molecular flexibility index (Phi) is 2.58. The Labute approximate surface area is 87.6 Å². The summed E-state index contributed by atoms with van der Waals surface area (Å²) in [5.41, 5.74) is 1.45. The summed E-state index contributed by atoms with van der Waals surface area (Å²) in [6, 6.07) is 6.51. The molecule has 3 heteroatoms. The summed E-state index contributed by atoms with van der Waals surface area (Å²) in [5.74, 6) is 0.181. The van der Waals surface area contributed by atoms with E-state index in [-0.39, 0.29) is 5.75 Å². The lowest BCUT2D eigenvalue weighted by molar-refractivity contribution is 0.0859. The minimum absolute atomic E-state index is 0.181. The van der Waals surface area contributed by atoms with E-state index in [1.54, 1.807) is 36.4 Å². The SMILES string of the molecule is Oc1ccc(C2=CC=C[C@H](O)C2O)cc1. The normalized spacial score (nSPS) is 25.1. The van der Waals surface area contributed by atoms with E-state index in [1.165, 1.54) is 6.08 Å². The molecule has 0 bridgehead atoms. The molecule has 3 N–H and O–H groups in total. The van der Waals surface area contributed by atoms with E-state index in [2.05, 4.69) is 0 Å². The summed E-state index contributed by atoms with van der Waals surface area (Å²) in [4.78, 5) is 0. The Morgan fingerprint density at radius 2 is 1.67 bits per heavy atom. The Balaban J connectivity index is 2.34. The molecule has 3 nitrogen and oxygen atoms in total. The number of allylic oxidation sites excluding steroid dienone is 2. The molecular formula is C12H12O3. The number of hydrogen-bond donors (Lipinski definition) is 3. The molecular weight excluding hydrogens is 192 g/mol. The number of phenolic OH excluding ortho intramolecular Hbond substituents is 1. The van der Waals surface area contributed by atoms with Gasteiger partial charge in [0.1, 0.15) is 18.0 Å². The quantitative estimate of drug-likeness (QED) is 0.641. The summed E-state index contributed by atoms with van der Waals surface area (Å²) in [6.45, 7) is 0. The van der Waals surface area contributed by atoms with E-state index in [1.807, 2.05) is 0 Å². The Morgan fingerprint density at radius 3 is 2.33 bits per heavy atom. The fourth-order valence-corrected chi connectivity index (χ4v) is 1.58. The van der Waals surface area contributed by atoms with Crippen LogP contribution in [0.3, 0.4) is 0 Å². The van der Waals surface area contributed by atoms with Gasteiger partial charge in [0.25, 0.3) is 0 Å². The Hall–Kier alpha value is -1.58. The highest BCUT2D eigenvalue weighted by atomic mass is 16.3. The first-order chi connectivity index (χ1) is 7.18. The molecule has 1 unspecified atom stereocenters. The summed E-state index contributed by atoms with van der Waals surface area (Å²) in [5, 5.41) is 28.3. The highest BCUT2D eigenvalue weighted by molar-refractivity contribution is 5.72. The minimum Gasteiger partial charge on any atom is -0.508 e. The van der Waals surface area contributed by atoms with E-state index < -0.39 is 12.2 Å². The van der Waals surface area contributed by atoms with Gasteiger partial charge in [-0.05, 0) is 23.3 Å². The van der Waals surface area contributed by atoms with Crippen molar-refractivity contribution in [1.82, 2.24) is 0 Å². The lowest BCUT2D eigenvalue weighted by Gasteiger charge is -2.21. The molecule has 1 aliphatic carbocycles. The van der Waals surface area contributed by atoms with Gasteiger partial charge in [0, 0.05) is 0 Å². The van der Waals surface area contributed by atoms with Gasteiger partial charge in [-0.1, -0.05) is 30.4 Å². The van der Waals surface area contributed by atoms with Crippen LogP contribution in [0.2, 0.25) is 0 Å². The van der Waals surface area contributed by atoms with Gasteiger partial charge in [0.05, 0.1) is 0 Å². The zero-order valence-corrected chi connectivity index (χ0v) is 8.04. The topological polar surface area (TPSA) is 60.7 Å². The fourth-order valence-electron chi connectivity index (χ4n) is 1.58. The molecule has 0 heterocycles. The third-order valence-electron chi connectivity index (χ3n) is 2.43. The molecule has 15 heavy (non-hydrogen) atoms. The van der Waals surface area contributed by atoms with Crippen molar-refractivity contribution >= 4 is 5.57 Å². The number of benzene rings is 1. The van der Waals surface area contributed by atoms with Gasteiger partial charge in [0.2, 0.25) is 0 Å². The van der Waals surface area contributed by atoms with Crippen LogP contribution in [0.4, 0.5) is 0 Å². The number of aliphatic hydroxyl groups is 2. The molecule has 0 fully saturated rings. The second kappa shape index (κ2) is 3.88. The maximum absolute atomic E-state index is 9.73. The maximum Gasteiger partial charge on any atom is 0.115 e. The fraction of sp³-hybridized carbons (Fsp3) is 0.167. The average molecular weight is 204 g/mol. The highest BCUT2D eigenvalue weighted by Crippen LogP contribution is 2.25. The number of aliphatic hydroxyl groups excluding tert-OH is 2. The molecule has 1 aromatic rings. The van der Waals surface area contributed by atoms with Gasteiger partial charge in [-0.25, -0.2) is 0 Å². The van der Waals surface area contributed by atoms with Crippen LogP contribution in [0.5, 0.6) is 5.75 Å². The van der Waals surface area contributed by atoms with Crippen molar-refractivity contribution in [3.63, 3.8) is 0 Å². The molecule has 0 radical (unpaired) electrons. The van der Waals surface area contributed by atoms with Crippen LogP contribution in [0.1, 0.15) is 5.56 Å². The van der Waals surface area contributed by atoms with Gasteiger partial charge < -0.3 is 15.3 Å². The molecule has 0 spiro atoms. The van der Waals surface area contributed by atoms with Crippen molar-refractivity contribution in [2.24, 2.45) is 0 Å². The molecule has 1 aliphatic rings. The summed E-state index contributed by atoms with van der Waals surface area (Å²) in [7, 11) is 0. The average Bonchev–Trinajstić information content (AvgIpc) is 2.24. The van der Waals surface area contributed by atoms with Crippen molar-refractivity contribution in [2.75, 3.05) is 0 Å². The van der Waals surface area contributed by atoms with E-state index in [4.69, 9.17) is 5.11 Å². The molecule has 1 aromatic carbocycles. The summed E-state index contributed by atoms with van der Waals surface area (Å²) in [6.07, 6.45) is 3.23. The van der Waals surface area contributed by atoms with Crippen molar-refractivity contribution in [2.45, 2.75) is 12.2 Å². The van der Waals surface area contributed by atoms with Crippen LogP contribution in [0, 0.1) is 0 Å². The summed E-state index contributed by atoms with van der Waals surface area (Å²) < 4.78 is 0. The zero-order valence-electron chi connectivity index (χ0n) is 8.04. The van der Waals surface area contributed by atoms with Crippen LogP contribution >= 0.6 is 0 Å². The van der Waals surface area contributed by atoms with E-state index >= 15 is 0 Å². The minimum atomic E-state index is -0.903. The third kappa shape index (κ3) is 1.93. The van der Waals surface area contributed by atoms with Crippen molar-refractivity contribution in [1.29, 1.82) is 0 Å². The molecule has 2 atom stereocenters. The van der Waals surface area contributed by atoms with Crippen molar-refractivity contribution in [3.05, 3.63) is 48.1 Å². The highest BCUT2D eigenvalue weighted by Gasteiger charge is 2.21. The van der Waals surface area contributed by atoms with Gasteiger partial charge >= 0.3 is 0 Å². The standard InChI is InChI=1S/C12H12O3/c13-9-6-4-8(5-7-9)10-2-1-3-11(14)12(10)15/h1-7,11-15H/t11-,12?/m0/s1. The van der Waals surface area contributed by atoms with Crippen molar-refractivity contribution in [3.8, 4) is 5.75 Å². The first kappa shape index (κ1) is 9.96. The van der Waals surface area contributed by atoms with Crippen LogP contribution in [0.25, 0.3) is 5.57 Å². The first-order valence-electron chi connectivity index (χ1n) is 4.72. The van der Waals surface area contributed by atoms with Gasteiger partial charge in [0.15, 0.2) is 0 Å². The second-order valence-corrected chi connectivity index (χ2v) is 3.49. The predicted octanol–water partition coefficient (Wildman–Crippen LogP) is 1.07. The smallest absolute Gasteiger partial charge is 0.115 e. The zero-order chi connectivity index (χ0) is 10.8. The molecule has 0 saturated heterocycles.